The Hall–Kier alpha value is -1.02. The Labute approximate surface area is 117 Å². The molecule has 0 aromatic heterocycles. The van der Waals surface area contributed by atoms with Gasteiger partial charge in [0.1, 0.15) is 5.75 Å². The number of phenolic OH excluding ortho intramolecular Hbond substituents is 1. The van der Waals surface area contributed by atoms with E-state index >= 15 is 0 Å². The van der Waals surface area contributed by atoms with Crippen molar-refractivity contribution >= 4 is 0 Å². The molecule has 1 aromatic rings. The first-order valence-corrected chi connectivity index (χ1v) is 7.55. The minimum atomic E-state index is 0.265. The van der Waals surface area contributed by atoms with Crippen LogP contribution >= 0.6 is 0 Å². The molecule has 108 valence electrons. The summed E-state index contributed by atoms with van der Waals surface area (Å²) in [5, 5.41) is 9.83. The largest absolute Gasteiger partial charge is 0.508 e. The molecule has 0 amide bonds. The third kappa shape index (κ3) is 4.54. The molecule has 1 N–H and O–H groups in total. The summed E-state index contributed by atoms with van der Waals surface area (Å²) in [5.74, 6) is 0.968. The molecular weight excluding hydrogens is 236 g/mol. The maximum atomic E-state index is 9.83. The predicted molar refractivity (Wildman–Crippen MR) is 80.7 cm³/mol. The van der Waals surface area contributed by atoms with E-state index in [-0.39, 0.29) is 6.10 Å². The molecule has 19 heavy (non-hydrogen) atoms. The number of hydrogen-bond acceptors (Lipinski definition) is 2. The van der Waals surface area contributed by atoms with E-state index in [9.17, 15) is 5.11 Å². The monoisotopic (exact) mass is 264 g/mol. The first kappa shape index (κ1) is 16.0. The Morgan fingerprint density at radius 3 is 2.53 bits per heavy atom. The van der Waals surface area contributed by atoms with Crippen LogP contribution in [0.25, 0.3) is 0 Å². The fourth-order valence-electron chi connectivity index (χ4n) is 2.42. The predicted octanol–water partition coefficient (Wildman–Crippen LogP) is 4.34. The van der Waals surface area contributed by atoms with Gasteiger partial charge in [0.2, 0.25) is 0 Å². The highest BCUT2D eigenvalue weighted by molar-refractivity contribution is 5.41. The molecule has 0 spiro atoms. The van der Waals surface area contributed by atoms with Crippen LogP contribution in [-0.2, 0) is 17.6 Å². The van der Waals surface area contributed by atoms with Crippen LogP contribution in [0.3, 0.4) is 0 Å². The topological polar surface area (TPSA) is 29.5 Å². The van der Waals surface area contributed by atoms with Gasteiger partial charge in [0.15, 0.2) is 0 Å². The third-order valence-electron chi connectivity index (χ3n) is 3.37. The normalized spacial score (nSPS) is 21.3. The number of rotatable bonds is 3. The van der Waals surface area contributed by atoms with Crippen molar-refractivity contribution in [3.63, 3.8) is 0 Å². The van der Waals surface area contributed by atoms with Gasteiger partial charge in [0.25, 0.3) is 0 Å². The van der Waals surface area contributed by atoms with Gasteiger partial charge in [-0.2, -0.15) is 0 Å². The van der Waals surface area contributed by atoms with E-state index in [1.165, 1.54) is 12.0 Å². The molecule has 1 aromatic carbocycles. The van der Waals surface area contributed by atoms with E-state index in [1.807, 2.05) is 6.07 Å². The van der Waals surface area contributed by atoms with Crippen LogP contribution in [0.4, 0.5) is 0 Å². The van der Waals surface area contributed by atoms with Crippen LogP contribution in [-0.4, -0.2) is 17.8 Å². The van der Waals surface area contributed by atoms with E-state index in [0.29, 0.717) is 11.7 Å². The first-order chi connectivity index (χ1) is 9.13. The zero-order valence-electron chi connectivity index (χ0n) is 12.8. The van der Waals surface area contributed by atoms with Gasteiger partial charge < -0.3 is 9.84 Å². The highest BCUT2D eigenvalue weighted by Gasteiger charge is 2.27. The molecular formula is C17H28O2. The Balaban J connectivity index is 0.000000550. The van der Waals surface area contributed by atoms with Crippen molar-refractivity contribution in [3.05, 3.63) is 29.3 Å². The van der Waals surface area contributed by atoms with Crippen LogP contribution in [0, 0.1) is 5.92 Å². The van der Waals surface area contributed by atoms with Gasteiger partial charge in [-0.1, -0.05) is 46.2 Å². The Morgan fingerprint density at radius 2 is 1.89 bits per heavy atom. The van der Waals surface area contributed by atoms with E-state index in [1.54, 1.807) is 6.07 Å². The molecule has 0 heterocycles. The van der Waals surface area contributed by atoms with Crippen molar-refractivity contribution in [2.45, 2.75) is 59.5 Å². The number of benzene rings is 1. The van der Waals surface area contributed by atoms with Crippen LogP contribution < -0.4 is 0 Å². The molecule has 2 nitrogen and oxygen atoms in total. The zero-order chi connectivity index (χ0) is 14.3. The van der Waals surface area contributed by atoms with Gasteiger partial charge in [-0.25, -0.2) is 0 Å². The smallest absolute Gasteiger partial charge is 0.119 e. The summed E-state index contributed by atoms with van der Waals surface area (Å²) in [7, 11) is 0. The SMILES string of the molecule is CCC.CCCO[C@@H]1Cc2c(O)cccc2C[C@H]1C. The highest BCUT2D eigenvalue weighted by Crippen LogP contribution is 2.32. The van der Waals surface area contributed by atoms with E-state index in [0.717, 1.165) is 31.4 Å². The minimum absolute atomic E-state index is 0.265. The lowest BCUT2D eigenvalue weighted by Crippen LogP contribution is -2.31. The van der Waals surface area contributed by atoms with Crippen LogP contribution in [0.1, 0.15) is 51.7 Å². The lowest BCUT2D eigenvalue weighted by molar-refractivity contribution is 0.0130. The first-order valence-electron chi connectivity index (χ1n) is 7.55. The second kappa shape index (κ2) is 8.21. The maximum absolute atomic E-state index is 9.83. The summed E-state index contributed by atoms with van der Waals surface area (Å²) >= 11 is 0. The van der Waals surface area contributed by atoms with Crippen molar-refractivity contribution in [3.8, 4) is 5.75 Å². The molecule has 0 unspecified atom stereocenters. The standard InChI is InChI=1S/C14H20O2.C3H8/c1-3-7-16-14-9-12-11(8-10(14)2)5-4-6-13(12)15;1-3-2/h4-6,10,14-15H,3,7-9H2,1-2H3;3H2,1-2H3/t10-,14-;/m1./s1. The van der Waals surface area contributed by atoms with E-state index < -0.39 is 0 Å². The van der Waals surface area contributed by atoms with Crippen LogP contribution in [0.5, 0.6) is 5.75 Å². The summed E-state index contributed by atoms with van der Waals surface area (Å²) in [6.45, 7) is 9.42. The maximum Gasteiger partial charge on any atom is 0.119 e. The van der Waals surface area contributed by atoms with Crippen molar-refractivity contribution in [1.82, 2.24) is 0 Å². The minimum Gasteiger partial charge on any atom is -0.508 e. The summed E-state index contributed by atoms with van der Waals surface area (Å²) in [4.78, 5) is 0. The van der Waals surface area contributed by atoms with Gasteiger partial charge in [-0.15, -0.1) is 0 Å². The molecule has 0 fully saturated rings. The zero-order valence-corrected chi connectivity index (χ0v) is 12.8. The number of hydrogen-bond donors (Lipinski definition) is 1. The second-order valence-corrected chi connectivity index (χ2v) is 5.42. The number of phenols is 1. The number of fused-ring (bicyclic) bond motifs is 1. The molecule has 0 saturated heterocycles. The van der Waals surface area contributed by atoms with Gasteiger partial charge in [0.05, 0.1) is 6.10 Å². The number of aromatic hydroxyl groups is 1. The van der Waals surface area contributed by atoms with Crippen molar-refractivity contribution in [1.29, 1.82) is 0 Å². The Morgan fingerprint density at radius 1 is 1.21 bits per heavy atom. The average molecular weight is 264 g/mol. The van der Waals surface area contributed by atoms with E-state index in [4.69, 9.17) is 4.74 Å². The highest BCUT2D eigenvalue weighted by atomic mass is 16.5. The van der Waals surface area contributed by atoms with E-state index in [2.05, 4.69) is 33.8 Å². The molecule has 2 heteroatoms. The Bertz CT molecular complexity index is 374. The van der Waals surface area contributed by atoms with Gasteiger partial charge in [-0.3, -0.25) is 0 Å². The van der Waals surface area contributed by atoms with Crippen LogP contribution in [0.2, 0.25) is 0 Å². The summed E-state index contributed by atoms with van der Waals surface area (Å²) < 4.78 is 5.85. The van der Waals surface area contributed by atoms with Crippen molar-refractivity contribution in [2.75, 3.05) is 6.61 Å². The fraction of sp³-hybridized carbons (Fsp3) is 0.647. The number of ether oxygens (including phenoxy) is 1. The van der Waals surface area contributed by atoms with Crippen molar-refractivity contribution in [2.24, 2.45) is 5.92 Å². The summed E-state index contributed by atoms with van der Waals surface area (Å²) in [5.41, 5.74) is 2.37. The lowest BCUT2D eigenvalue weighted by atomic mass is 9.82. The third-order valence-corrected chi connectivity index (χ3v) is 3.37. The fourth-order valence-corrected chi connectivity index (χ4v) is 2.42. The van der Waals surface area contributed by atoms with Gasteiger partial charge >= 0.3 is 0 Å². The Kier molecular flexibility index (Phi) is 6.93. The van der Waals surface area contributed by atoms with Crippen LogP contribution in [0.15, 0.2) is 18.2 Å². The quantitative estimate of drug-likeness (QED) is 0.880. The molecule has 2 atom stereocenters. The summed E-state index contributed by atoms with van der Waals surface area (Å²) in [6, 6.07) is 5.81. The summed E-state index contributed by atoms with van der Waals surface area (Å²) in [6.07, 6.45) is 4.43. The molecule has 1 aliphatic rings. The average Bonchev–Trinajstić information content (AvgIpc) is 2.38. The molecule has 0 aliphatic heterocycles. The molecule has 0 bridgehead atoms. The molecule has 0 saturated carbocycles. The lowest BCUT2D eigenvalue weighted by Gasteiger charge is -2.31. The molecule has 1 aliphatic carbocycles. The second-order valence-electron chi connectivity index (χ2n) is 5.42. The molecule has 0 radical (unpaired) electrons. The van der Waals surface area contributed by atoms with Gasteiger partial charge in [0, 0.05) is 13.0 Å². The molecule has 2 rings (SSSR count). The van der Waals surface area contributed by atoms with Gasteiger partial charge in [-0.05, 0) is 36.0 Å². The van der Waals surface area contributed by atoms with Crippen molar-refractivity contribution < 1.29 is 9.84 Å².